The second-order valence-corrected chi connectivity index (χ2v) is 5.52. The van der Waals surface area contributed by atoms with Crippen molar-refractivity contribution >= 4 is 17.3 Å². The third kappa shape index (κ3) is 4.79. The minimum atomic E-state index is -0.199. The quantitative estimate of drug-likeness (QED) is 0.584. The van der Waals surface area contributed by atoms with Crippen LogP contribution in [0.2, 0.25) is 0 Å². The number of aliphatic hydroxyl groups excluding tert-OH is 1. The Morgan fingerprint density at radius 3 is 2.63 bits per heavy atom. The van der Waals surface area contributed by atoms with Gasteiger partial charge in [-0.15, -0.1) is 0 Å². The number of benzene rings is 1. The summed E-state index contributed by atoms with van der Waals surface area (Å²) < 4.78 is 0. The number of nitrogens with two attached hydrogens (primary N) is 2. The van der Waals surface area contributed by atoms with Gasteiger partial charge < -0.3 is 21.9 Å². The van der Waals surface area contributed by atoms with Crippen molar-refractivity contribution < 1.29 is 9.90 Å². The zero-order valence-corrected chi connectivity index (χ0v) is 11.6. The highest BCUT2D eigenvalue weighted by Gasteiger charge is 2.19. The Morgan fingerprint density at radius 2 is 2.05 bits per heavy atom. The average Bonchev–Trinajstić information content (AvgIpc) is 2.34. The summed E-state index contributed by atoms with van der Waals surface area (Å²) in [6, 6.07) is 4.86. The molecule has 0 fully saturated rings. The van der Waals surface area contributed by atoms with Crippen molar-refractivity contribution in [1.82, 2.24) is 5.32 Å². The minimum absolute atomic E-state index is 0.0546. The topological polar surface area (TPSA) is 101 Å². The molecule has 1 amide bonds. The number of rotatable bonds is 6. The summed E-state index contributed by atoms with van der Waals surface area (Å²) in [7, 11) is 0. The molecule has 0 bridgehead atoms. The number of hydrogen-bond donors (Lipinski definition) is 4. The maximum Gasteiger partial charge on any atom is 0.253 e. The maximum absolute atomic E-state index is 12.0. The van der Waals surface area contributed by atoms with E-state index in [1.165, 1.54) is 0 Å². The van der Waals surface area contributed by atoms with Gasteiger partial charge in [0.1, 0.15) is 0 Å². The fourth-order valence-electron chi connectivity index (χ4n) is 1.85. The molecule has 5 heteroatoms. The molecule has 106 valence electrons. The van der Waals surface area contributed by atoms with Crippen LogP contribution in [0, 0.1) is 5.41 Å². The van der Waals surface area contributed by atoms with Crippen molar-refractivity contribution in [1.29, 1.82) is 0 Å². The van der Waals surface area contributed by atoms with Gasteiger partial charge in [0.15, 0.2) is 0 Å². The van der Waals surface area contributed by atoms with Gasteiger partial charge in [0.25, 0.3) is 5.91 Å². The van der Waals surface area contributed by atoms with Crippen molar-refractivity contribution in [3.63, 3.8) is 0 Å². The van der Waals surface area contributed by atoms with Gasteiger partial charge in [-0.05, 0) is 36.5 Å². The third-order valence-corrected chi connectivity index (χ3v) is 3.06. The molecule has 1 aromatic carbocycles. The van der Waals surface area contributed by atoms with Crippen LogP contribution in [0.1, 0.15) is 37.0 Å². The first-order valence-corrected chi connectivity index (χ1v) is 6.40. The van der Waals surface area contributed by atoms with Gasteiger partial charge in [-0.3, -0.25) is 4.79 Å². The first-order chi connectivity index (χ1) is 8.85. The van der Waals surface area contributed by atoms with Crippen LogP contribution in [0.5, 0.6) is 0 Å². The Kier molecular flexibility index (Phi) is 5.18. The van der Waals surface area contributed by atoms with Crippen molar-refractivity contribution in [2.45, 2.75) is 26.7 Å². The van der Waals surface area contributed by atoms with Gasteiger partial charge in [0.2, 0.25) is 0 Å². The SMILES string of the molecule is CC(C)(CCCO)CNC(=O)c1ccc(N)cc1N. The first-order valence-electron chi connectivity index (χ1n) is 6.40. The smallest absolute Gasteiger partial charge is 0.253 e. The van der Waals surface area contributed by atoms with E-state index in [0.717, 1.165) is 12.8 Å². The summed E-state index contributed by atoms with van der Waals surface area (Å²) in [6.45, 7) is 4.81. The molecule has 0 heterocycles. The number of carbonyl (C=O) groups is 1. The molecule has 0 spiro atoms. The molecule has 1 rings (SSSR count). The molecule has 0 radical (unpaired) electrons. The van der Waals surface area contributed by atoms with Crippen molar-refractivity contribution in [2.24, 2.45) is 5.41 Å². The Balaban J connectivity index is 2.60. The fraction of sp³-hybridized carbons (Fsp3) is 0.500. The van der Waals surface area contributed by atoms with Crippen LogP contribution in [-0.2, 0) is 0 Å². The van der Waals surface area contributed by atoms with Gasteiger partial charge >= 0.3 is 0 Å². The summed E-state index contributed by atoms with van der Waals surface area (Å²) >= 11 is 0. The van der Waals surface area contributed by atoms with Crippen molar-refractivity contribution in [3.8, 4) is 0 Å². The van der Waals surface area contributed by atoms with E-state index in [4.69, 9.17) is 16.6 Å². The summed E-state index contributed by atoms with van der Waals surface area (Å²) in [4.78, 5) is 12.0. The van der Waals surface area contributed by atoms with Crippen LogP contribution in [0.4, 0.5) is 11.4 Å². The Hall–Kier alpha value is -1.75. The van der Waals surface area contributed by atoms with Crippen LogP contribution in [0.15, 0.2) is 18.2 Å². The molecule has 1 aromatic rings. The lowest BCUT2D eigenvalue weighted by Crippen LogP contribution is -2.34. The predicted molar refractivity (Wildman–Crippen MR) is 77.7 cm³/mol. The van der Waals surface area contributed by atoms with E-state index >= 15 is 0 Å². The monoisotopic (exact) mass is 265 g/mol. The standard InChI is InChI=1S/C14H23N3O2/c1-14(2,6-3-7-18)9-17-13(19)11-5-4-10(15)8-12(11)16/h4-5,8,18H,3,6-7,9,15-16H2,1-2H3,(H,17,19). The van der Waals surface area contributed by atoms with E-state index in [1.807, 2.05) is 0 Å². The molecule has 6 N–H and O–H groups in total. The maximum atomic E-state index is 12.0. The second-order valence-electron chi connectivity index (χ2n) is 5.52. The first kappa shape index (κ1) is 15.3. The summed E-state index contributed by atoms with van der Waals surface area (Å²) in [6.07, 6.45) is 1.58. The number of anilines is 2. The van der Waals surface area contributed by atoms with E-state index in [1.54, 1.807) is 18.2 Å². The zero-order valence-electron chi connectivity index (χ0n) is 11.6. The van der Waals surface area contributed by atoms with Gasteiger partial charge in [-0.25, -0.2) is 0 Å². The number of nitrogen functional groups attached to an aromatic ring is 2. The molecule has 0 saturated carbocycles. The number of hydrogen-bond acceptors (Lipinski definition) is 4. The molecule has 5 nitrogen and oxygen atoms in total. The Bertz CT molecular complexity index is 444. The van der Waals surface area contributed by atoms with Gasteiger partial charge in [-0.1, -0.05) is 13.8 Å². The van der Waals surface area contributed by atoms with E-state index in [2.05, 4.69) is 19.2 Å². The second kappa shape index (κ2) is 6.43. The normalized spacial score (nSPS) is 11.3. The van der Waals surface area contributed by atoms with E-state index in [-0.39, 0.29) is 17.9 Å². The molecule has 0 aliphatic rings. The lowest BCUT2D eigenvalue weighted by molar-refractivity contribution is 0.0934. The van der Waals surface area contributed by atoms with Crippen molar-refractivity contribution in [2.75, 3.05) is 24.6 Å². The van der Waals surface area contributed by atoms with Crippen LogP contribution in [-0.4, -0.2) is 24.2 Å². The van der Waals surface area contributed by atoms with Gasteiger partial charge in [0, 0.05) is 24.5 Å². The highest BCUT2D eigenvalue weighted by atomic mass is 16.2. The lowest BCUT2D eigenvalue weighted by atomic mass is 9.88. The van der Waals surface area contributed by atoms with E-state index < -0.39 is 0 Å². The van der Waals surface area contributed by atoms with Crippen molar-refractivity contribution in [3.05, 3.63) is 23.8 Å². The van der Waals surface area contributed by atoms with Gasteiger partial charge in [0.05, 0.1) is 5.56 Å². The van der Waals surface area contributed by atoms with E-state index in [0.29, 0.717) is 23.5 Å². The molecule has 0 aliphatic carbocycles. The Morgan fingerprint density at radius 1 is 1.37 bits per heavy atom. The molecule has 0 unspecified atom stereocenters. The highest BCUT2D eigenvalue weighted by molar-refractivity contribution is 5.99. The fourth-order valence-corrected chi connectivity index (χ4v) is 1.85. The molecule has 19 heavy (non-hydrogen) atoms. The zero-order chi connectivity index (χ0) is 14.5. The summed E-state index contributed by atoms with van der Waals surface area (Å²) in [5.41, 5.74) is 12.7. The molecule has 0 atom stereocenters. The molecular weight excluding hydrogens is 242 g/mol. The number of aliphatic hydroxyl groups is 1. The van der Waals surface area contributed by atoms with E-state index in [9.17, 15) is 4.79 Å². The third-order valence-electron chi connectivity index (χ3n) is 3.06. The predicted octanol–water partition coefficient (Wildman–Crippen LogP) is 1.38. The Labute approximate surface area is 114 Å². The number of amides is 1. The largest absolute Gasteiger partial charge is 0.399 e. The average molecular weight is 265 g/mol. The summed E-state index contributed by atoms with van der Waals surface area (Å²) in [5, 5.41) is 11.7. The molecular formula is C14H23N3O2. The number of nitrogens with one attached hydrogen (secondary N) is 1. The molecule has 0 aliphatic heterocycles. The van der Waals surface area contributed by atoms with Gasteiger partial charge in [-0.2, -0.15) is 0 Å². The summed E-state index contributed by atoms with van der Waals surface area (Å²) in [5.74, 6) is -0.199. The van der Waals surface area contributed by atoms with Crippen LogP contribution < -0.4 is 16.8 Å². The highest BCUT2D eigenvalue weighted by Crippen LogP contribution is 2.21. The van der Waals surface area contributed by atoms with Crippen LogP contribution >= 0.6 is 0 Å². The van der Waals surface area contributed by atoms with Crippen LogP contribution in [0.3, 0.4) is 0 Å². The number of carbonyl (C=O) groups excluding carboxylic acids is 1. The lowest BCUT2D eigenvalue weighted by Gasteiger charge is -2.24. The van der Waals surface area contributed by atoms with Crippen LogP contribution in [0.25, 0.3) is 0 Å². The minimum Gasteiger partial charge on any atom is -0.399 e. The molecule has 0 saturated heterocycles. The molecule has 0 aromatic heterocycles.